The first-order valence-corrected chi connectivity index (χ1v) is 10.5. The first-order valence-electron chi connectivity index (χ1n) is 10.5. The van der Waals surface area contributed by atoms with Crippen LogP contribution in [0.3, 0.4) is 0 Å². The van der Waals surface area contributed by atoms with Crippen molar-refractivity contribution >= 4 is 16.9 Å². The van der Waals surface area contributed by atoms with Crippen molar-refractivity contribution in [2.75, 3.05) is 0 Å². The zero-order chi connectivity index (χ0) is 22.9. The average Bonchev–Trinajstić information content (AvgIpc) is 3.37. The zero-order valence-corrected chi connectivity index (χ0v) is 17.5. The number of fused-ring (bicyclic) bond motifs is 1. The smallest absolute Gasteiger partial charge is 0.398 e. The Balaban J connectivity index is 1.58. The van der Waals surface area contributed by atoms with Crippen molar-refractivity contribution in [1.82, 2.24) is 0 Å². The summed E-state index contributed by atoms with van der Waals surface area (Å²) >= 11 is 0. The third-order valence-corrected chi connectivity index (χ3v) is 5.79. The fraction of sp³-hybridized carbons (Fsp3) is 0.320. The van der Waals surface area contributed by atoms with Crippen LogP contribution in [-0.4, -0.2) is 24.4 Å². The summed E-state index contributed by atoms with van der Waals surface area (Å²) in [6.07, 6.45) is -5.14. The van der Waals surface area contributed by atoms with Gasteiger partial charge in [-0.2, -0.15) is 13.2 Å². The van der Waals surface area contributed by atoms with Gasteiger partial charge in [0.15, 0.2) is 0 Å². The van der Waals surface area contributed by atoms with E-state index in [0.29, 0.717) is 11.3 Å². The van der Waals surface area contributed by atoms with Crippen LogP contribution in [0.2, 0.25) is 0 Å². The van der Waals surface area contributed by atoms with Crippen LogP contribution < -0.4 is 4.74 Å². The number of ether oxygens (including phenoxy) is 2. The minimum Gasteiger partial charge on any atom is -0.489 e. The van der Waals surface area contributed by atoms with Crippen molar-refractivity contribution in [3.05, 3.63) is 66.7 Å². The molecule has 2 aromatic carbocycles. The summed E-state index contributed by atoms with van der Waals surface area (Å²) in [4.78, 5) is 11.5. The monoisotopic (exact) mass is 444 g/mol. The van der Waals surface area contributed by atoms with E-state index >= 15 is 0 Å². The van der Waals surface area contributed by atoms with E-state index in [1.807, 2.05) is 30.3 Å². The van der Waals surface area contributed by atoms with E-state index < -0.39 is 30.3 Å². The van der Waals surface area contributed by atoms with Gasteiger partial charge in [0, 0.05) is 23.1 Å². The van der Waals surface area contributed by atoms with Gasteiger partial charge in [-0.3, -0.25) is 0 Å². The second-order valence-electron chi connectivity index (χ2n) is 7.80. The molecule has 0 saturated heterocycles. The molecule has 0 aliphatic heterocycles. The minimum absolute atomic E-state index is 0.0649. The molecule has 0 amide bonds. The molecule has 0 radical (unpaired) electrons. The predicted octanol–water partition coefficient (Wildman–Crippen LogP) is 6.48. The summed E-state index contributed by atoms with van der Waals surface area (Å²) in [7, 11) is 0. The Morgan fingerprint density at radius 2 is 1.91 bits per heavy atom. The second kappa shape index (κ2) is 8.73. The largest absolute Gasteiger partial charge is 0.489 e. The van der Waals surface area contributed by atoms with Crippen molar-refractivity contribution in [2.24, 2.45) is 5.92 Å². The normalized spacial score (nSPS) is 20.9. The van der Waals surface area contributed by atoms with E-state index in [9.17, 15) is 18.0 Å². The Hall–Kier alpha value is -3.22. The molecule has 32 heavy (non-hydrogen) atoms. The van der Waals surface area contributed by atoms with Gasteiger partial charge in [0.25, 0.3) is 0 Å². The third-order valence-electron chi connectivity index (χ3n) is 5.79. The summed E-state index contributed by atoms with van der Waals surface area (Å²) in [5.74, 6) is -1.82. The summed E-state index contributed by atoms with van der Waals surface area (Å²) in [5, 5.41) is 0.829. The van der Waals surface area contributed by atoms with Crippen LogP contribution in [0.1, 0.15) is 25.3 Å². The highest BCUT2D eigenvalue weighted by Crippen LogP contribution is 2.43. The number of esters is 1. The molecular weight excluding hydrogens is 421 g/mol. The van der Waals surface area contributed by atoms with E-state index in [2.05, 4.69) is 13.5 Å². The quantitative estimate of drug-likeness (QED) is 0.323. The Bertz CT molecular complexity index is 1130. The number of alkyl halides is 3. The Morgan fingerprint density at radius 1 is 1.16 bits per heavy atom. The maximum Gasteiger partial charge on any atom is 0.398 e. The molecule has 1 fully saturated rings. The number of hydrogen-bond acceptors (Lipinski definition) is 4. The van der Waals surface area contributed by atoms with E-state index in [0.717, 1.165) is 29.0 Å². The number of halogens is 3. The van der Waals surface area contributed by atoms with Gasteiger partial charge >= 0.3 is 12.1 Å². The van der Waals surface area contributed by atoms with E-state index in [4.69, 9.17) is 13.9 Å². The maximum absolute atomic E-state index is 13.7. The molecule has 3 unspecified atom stereocenters. The highest BCUT2D eigenvalue weighted by molar-refractivity contribution is 5.84. The number of rotatable bonds is 6. The lowest BCUT2D eigenvalue weighted by atomic mass is 10.0. The van der Waals surface area contributed by atoms with Crippen molar-refractivity contribution < 1.29 is 31.9 Å². The first kappa shape index (κ1) is 22.0. The standard InChI is InChI=1S/C25H23F3O4/c1-3-15-7-5-6-8-18(15)22-13-16-9-10-17(14-21(16)31-22)30-19-11-12-20(32-23(29)4-2)24(19)25(26,27)28/h4-10,13-14,19-20,24H,2-3,11-12H2,1H3. The highest BCUT2D eigenvalue weighted by atomic mass is 19.4. The van der Waals surface area contributed by atoms with Gasteiger partial charge < -0.3 is 13.9 Å². The van der Waals surface area contributed by atoms with Crippen LogP contribution in [0, 0.1) is 5.92 Å². The number of carbonyl (C=O) groups excluding carboxylic acids is 1. The van der Waals surface area contributed by atoms with Gasteiger partial charge in [0.2, 0.25) is 0 Å². The van der Waals surface area contributed by atoms with Crippen molar-refractivity contribution in [3.8, 4) is 17.1 Å². The Morgan fingerprint density at radius 3 is 2.62 bits per heavy atom. The maximum atomic E-state index is 13.7. The van der Waals surface area contributed by atoms with Crippen LogP contribution in [0.5, 0.6) is 5.75 Å². The molecule has 168 valence electrons. The topological polar surface area (TPSA) is 48.7 Å². The summed E-state index contributed by atoms with van der Waals surface area (Å²) in [6, 6.07) is 14.8. The number of furan rings is 1. The summed E-state index contributed by atoms with van der Waals surface area (Å²) in [6.45, 7) is 5.30. The lowest BCUT2D eigenvalue weighted by molar-refractivity contribution is -0.214. The molecule has 1 aliphatic rings. The van der Waals surface area contributed by atoms with Gasteiger partial charge in [0.05, 0.1) is 0 Å². The average molecular weight is 444 g/mol. The number of aryl methyl sites for hydroxylation is 1. The third kappa shape index (κ3) is 4.38. The molecule has 0 bridgehead atoms. The number of hydrogen-bond donors (Lipinski definition) is 0. The molecule has 4 nitrogen and oxygen atoms in total. The van der Waals surface area contributed by atoms with Gasteiger partial charge in [-0.25, -0.2) is 4.79 Å². The Labute approximate surface area is 183 Å². The Kier molecular flexibility index (Phi) is 6.00. The minimum atomic E-state index is -4.57. The van der Waals surface area contributed by atoms with Crippen LogP contribution in [0.15, 0.2) is 65.6 Å². The van der Waals surface area contributed by atoms with Crippen LogP contribution in [0.4, 0.5) is 13.2 Å². The molecule has 3 atom stereocenters. The van der Waals surface area contributed by atoms with Crippen molar-refractivity contribution in [2.45, 2.75) is 44.6 Å². The van der Waals surface area contributed by atoms with Crippen molar-refractivity contribution in [1.29, 1.82) is 0 Å². The van der Waals surface area contributed by atoms with E-state index in [1.165, 1.54) is 0 Å². The molecule has 4 rings (SSSR count). The lowest BCUT2D eigenvalue weighted by Gasteiger charge is -2.27. The molecule has 1 aliphatic carbocycles. The molecule has 1 heterocycles. The molecule has 0 spiro atoms. The molecule has 0 N–H and O–H groups in total. The first-order chi connectivity index (χ1) is 15.3. The summed E-state index contributed by atoms with van der Waals surface area (Å²) in [5.41, 5.74) is 2.65. The zero-order valence-electron chi connectivity index (χ0n) is 17.5. The fourth-order valence-electron chi connectivity index (χ4n) is 4.27. The highest BCUT2D eigenvalue weighted by Gasteiger charge is 2.55. The van der Waals surface area contributed by atoms with Gasteiger partial charge in [-0.05, 0) is 43.0 Å². The van der Waals surface area contributed by atoms with Crippen LogP contribution in [0.25, 0.3) is 22.3 Å². The second-order valence-corrected chi connectivity index (χ2v) is 7.80. The molecule has 7 heteroatoms. The predicted molar refractivity (Wildman–Crippen MR) is 114 cm³/mol. The van der Waals surface area contributed by atoms with Crippen LogP contribution >= 0.6 is 0 Å². The number of carbonyl (C=O) groups is 1. The summed E-state index contributed by atoms with van der Waals surface area (Å²) < 4.78 is 57.8. The van der Waals surface area contributed by atoms with Gasteiger partial charge in [-0.15, -0.1) is 0 Å². The van der Waals surface area contributed by atoms with Gasteiger partial charge in [-0.1, -0.05) is 37.8 Å². The lowest BCUT2D eigenvalue weighted by Crippen LogP contribution is -2.41. The molecule has 1 saturated carbocycles. The van der Waals surface area contributed by atoms with Crippen molar-refractivity contribution in [3.63, 3.8) is 0 Å². The van der Waals surface area contributed by atoms with E-state index in [1.54, 1.807) is 18.2 Å². The van der Waals surface area contributed by atoms with Gasteiger partial charge in [0.1, 0.15) is 35.2 Å². The molecule has 1 aromatic heterocycles. The van der Waals surface area contributed by atoms with Crippen LogP contribution in [-0.2, 0) is 16.0 Å². The number of benzene rings is 2. The fourth-order valence-corrected chi connectivity index (χ4v) is 4.27. The SMILES string of the molecule is C=CC(=O)OC1CCC(Oc2ccc3cc(-c4ccccc4CC)oc3c2)C1C(F)(F)F. The van der Waals surface area contributed by atoms with E-state index in [-0.39, 0.29) is 18.6 Å². The molecular formula is C25H23F3O4. The molecule has 3 aromatic rings.